The molecule has 4 rings (SSSR count). The van der Waals surface area contributed by atoms with E-state index < -0.39 is 0 Å². The van der Waals surface area contributed by atoms with Crippen molar-refractivity contribution >= 4 is 12.0 Å². The Balaban J connectivity index is 1.42. The third kappa shape index (κ3) is 4.16. The van der Waals surface area contributed by atoms with Crippen LogP contribution in [0.1, 0.15) is 47.9 Å². The van der Waals surface area contributed by atoms with Crippen molar-refractivity contribution in [2.75, 3.05) is 0 Å². The van der Waals surface area contributed by atoms with Gasteiger partial charge in [0.2, 0.25) is 5.91 Å². The van der Waals surface area contributed by atoms with Gasteiger partial charge in [-0.2, -0.15) is 0 Å². The molecule has 1 amide bonds. The summed E-state index contributed by atoms with van der Waals surface area (Å²) < 4.78 is 4.35. The van der Waals surface area contributed by atoms with Gasteiger partial charge < -0.3 is 14.5 Å². The number of aryl methyl sites for hydroxylation is 2. The Hall–Kier alpha value is -3.15. The minimum Gasteiger partial charge on any atom is -0.345 e. The molecule has 1 aliphatic rings. The second-order valence-electron chi connectivity index (χ2n) is 7.54. The van der Waals surface area contributed by atoms with Gasteiger partial charge in [0, 0.05) is 36.1 Å². The second-order valence-corrected chi connectivity index (χ2v) is 7.54. The lowest BCUT2D eigenvalue weighted by atomic mass is 10.2. The van der Waals surface area contributed by atoms with E-state index in [1.807, 2.05) is 24.3 Å². The number of amides is 1. The molecule has 0 atom stereocenters. The maximum absolute atomic E-state index is 12.4. The van der Waals surface area contributed by atoms with Crippen LogP contribution in [0.5, 0.6) is 0 Å². The fourth-order valence-corrected chi connectivity index (χ4v) is 4.00. The lowest BCUT2D eigenvalue weighted by Gasteiger charge is -2.09. The van der Waals surface area contributed by atoms with Crippen molar-refractivity contribution < 1.29 is 4.79 Å². The van der Waals surface area contributed by atoms with Gasteiger partial charge in [-0.1, -0.05) is 24.6 Å². The summed E-state index contributed by atoms with van der Waals surface area (Å²) in [7, 11) is 0. The van der Waals surface area contributed by atoms with Crippen molar-refractivity contribution in [3.05, 3.63) is 71.1 Å². The molecule has 0 unspecified atom stereocenters. The fraction of sp³-hybridized carbons (Fsp3) is 0.348. The molecule has 1 N–H and O–H groups in total. The quantitative estimate of drug-likeness (QED) is 0.676. The van der Waals surface area contributed by atoms with E-state index in [2.05, 4.69) is 56.7 Å². The first kappa shape index (κ1) is 19.2. The number of benzene rings is 1. The average molecular weight is 390 g/mol. The molecule has 3 heterocycles. The van der Waals surface area contributed by atoms with Gasteiger partial charge in [-0.3, -0.25) is 4.79 Å². The number of hydrogen-bond donors (Lipinski definition) is 1. The molecule has 0 fully saturated rings. The zero-order chi connectivity index (χ0) is 20.2. The van der Waals surface area contributed by atoms with E-state index in [0.29, 0.717) is 6.54 Å². The summed E-state index contributed by atoms with van der Waals surface area (Å²) in [6.07, 6.45) is 7.97. The van der Waals surface area contributed by atoms with E-state index in [1.165, 1.54) is 6.42 Å². The van der Waals surface area contributed by atoms with E-state index in [4.69, 9.17) is 0 Å². The Bertz CT molecular complexity index is 1030. The Morgan fingerprint density at radius 2 is 1.97 bits per heavy atom. The minimum atomic E-state index is -0.125. The molecule has 6 nitrogen and oxygen atoms in total. The molecule has 0 saturated carbocycles. The van der Waals surface area contributed by atoms with Gasteiger partial charge in [-0.05, 0) is 56.5 Å². The Kier molecular flexibility index (Phi) is 5.60. The molecule has 0 spiro atoms. The van der Waals surface area contributed by atoms with Gasteiger partial charge in [0.25, 0.3) is 0 Å². The second kappa shape index (κ2) is 8.47. The van der Waals surface area contributed by atoms with Crippen LogP contribution in [0, 0.1) is 13.8 Å². The molecule has 1 aromatic carbocycles. The van der Waals surface area contributed by atoms with E-state index in [1.54, 1.807) is 6.08 Å². The molecule has 0 aliphatic carbocycles. The zero-order valence-corrected chi connectivity index (χ0v) is 17.1. The fourth-order valence-electron chi connectivity index (χ4n) is 4.00. The summed E-state index contributed by atoms with van der Waals surface area (Å²) in [4.78, 5) is 12.4. The minimum absolute atomic E-state index is 0.125. The number of para-hydroxylation sites is 1. The van der Waals surface area contributed by atoms with Crippen molar-refractivity contribution in [2.24, 2.45) is 0 Å². The monoisotopic (exact) mass is 389 g/mol. The summed E-state index contributed by atoms with van der Waals surface area (Å²) in [6.45, 7) is 5.49. The number of nitrogens with one attached hydrogen (secondary N) is 1. The predicted molar refractivity (Wildman–Crippen MR) is 114 cm³/mol. The van der Waals surface area contributed by atoms with Crippen LogP contribution in [0.25, 0.3) is 11.8 Å². The first-order valence-electron chi connectivity index (χ1n) is 10.2. The highest BCUT2D eigenvalue weighted by Gasteiger charge is 2.15. The highest BCUT2D eigenvalue weighted by atomic mass is 16.1. The van der Waals surface area contributed by atoms with Gasteiger partial charge in [0.15, 0.2) is 5.82 Å². The molecule has 1 aliphatic heterocycles. The van der Waals surface area contributed by atoms with E-state index in [9.17, 15) is 4.79 Å². The van der Waals surface area contributed by atoms with E-state index in [-0.39, 0.29) is 5.91 Å². The van der Waals surface area contributed by atoms with Gasteiger partial charge in [0.05, 0.1) is 6.54 Å². The number of fused-ring (bicyclic) bond motifs is 1. The van der Waals surface area contributed by atoms with Crippen molar-refractivity contribution in [2.45, 2.75) is 52.6 Å². The summed E-state index contributed by atoms with van der Waals surface area (Å²) in [6, 6.07) is 12.3. The van der Waals surface area contributed by atoms with Crippen LogP contribution in [0.4, 0.5) is 0 Å². The van der Waals surface area contributed by atoms with Crippen LogP contribution in [0.3, 0.4) is 0 Å². The van der Waals surface area contributed by atoms with Crippen molar-refractivity contribution in [3.8, 4) is 5.69 Å². The van der Waals surface area contributed by atoms with Gasteiger partial charge in [0.1, 0.15) is 5.82 Å². The third-order valence-electron chi connectivity index (χ3n) is 5.51. The number of carbonyl (C=O) groups is 1. The summed E-state index contributed by atoms with van der Waals surface area (Å²) >= 11 is 0. The number of rotatable bonds is 5. The van der Waals surface area contributed by atoms with Crippen molar-refractivity contribution in [1.82, 2.24) is 24.6 Å². The number of carbonyl (C=O) groups excluding carboxylic acids is 1. The van der Waals surface area contributed by atoms with Crippen LogP contribution < -0.4 is 5.32 Å². The average Bonchev–Trinajstić information content (AvgIpc) is 3.14. The Morgan fingerprint density at radius 3 is 2.79 bits per heavy atom. The molecule has 2 aromatic heterocycles. The summed E-state index contributed by atoms with van der Waals surface area (Å²) in [5, 5.41) is 11.5. The molecular weight excluding hydrogens is 362 g/mol. The van der Waals surface area contributed by atoms with Gasteiger partial charge in [-0.15, -0.1) is 10.2 Å². The molecule has 29 heavy (non-hydrogen) atoms. The summed E-state index contributed by atoms with van der Waals surface area (Å²) in [5.41, 5.74) is 4.41. The molecular formula is C23H27N5O. The molecule has 0 saturated heterocycles. The van der Waals surface area contributed by atoms with Gasteiger partial charge in [-0.25, -0.2) is 0 Å². The SMILES string of the molecule is Cc1cc(C=CC(=O)NCc2nnc3n2CCCCC3)c(C)n1-c1ccccc1. The molecule has 6 heteroatoms. The highest BCUT2D eigenvalue weighted by Crippen LogP contribution is 2.21. The molecule has 3 aromatic rings. The topological polar surface area (TPSA) is 64.7 Å². The van der Waals surface area contributed by atoms with Crippen molar-refractivity contribution in [1.29, 1.82) is 0 Å². The first-order chi connectivity index (χ1) is 14.1. The standard InChI is InChI=1S/C23H27N5O/c1-17-15-19(18(2)28(17)20-9-5-3-6-10-20)12-13-23(29)24-16-22-26-25-21-11-7-4-8-14-27(21)22/h3,5-6,9-10,12-13,15H,4,7-8,11,14,16H2,1-2H3,(H,24,29). The van der Waals surface area contributed by atoms with Crippen LogP contribution in [0.2, 0.25) is 0 Å². The van der Waals surface area contributed by atoms with Crippen LogP contribution in [-0.4, -0.2) is 25.2 Å². The van der Waals surface area contributed by atoms with Crippen LogP contribution in [-0.2, 0) is 24.3 Å². The maximum atomic E-state index is 12.4. The largest absolute Gasteiger partial charge is 0.345 e. The first-order valence-corrected chi connectivity index (χ1v) is 10.2. The van der Waals surface area contributed by atoms with Gasteiger partial charge >= 0.3 is 0 Å². The summed E-state index contributed by atoms with van der Waals surface area (Å²) in [5.74, 6) is 1.75. The van der Waals surface area contributed by atoms with Crippen LogP contribution in [0.15, 0.2) is 42.5 Å². The number of nitrogens with zero attached hydrogens (tertiary/aromatic N) is 4. The Morgan fingerprint density at radius 1 is 1.14 bits per heavy atom. The van der Waals surface area contributed by atoms with E-state index in [0.717, 1.165) is 60.1 Å². The van der Waals surface area contributed by atoms with E-state index >= 15 is 0 Å². The predicted octanol–water partition coefficient (Wildman–Crippen LogP) is 3.74. The number of hydrogen-bond acceptors (Lipinski definition) is 3. The lowest BCUT2D eigenvalue weighted by Crippen LogP contribution is -2.23. The normalized spacial score (nSPS) is 14.0. The molecule has 0 radical (unpaired) electrons. The molecule has 150 valence electrons. The lowest BCUT2D eigenvalue weighted by molar-refractivity contribution is -0.116. The zero-order valence-electron chi connectivity index (χ0n) is 17.1. The van der Waals surface area contributed by atoms with Crippen LogP contribution >= 0.6 is 0 Å². The number of aromatic nitrogens is 4. The molecule has 0 bridgehead atoms. The smallest absolute Gasteiger partial charge is 0.244 e. The third-order valence-corrected chi connectivity index (χ3v) is 5.51. The highest BCUT2D eigenvalue weighted by molar-refractivity contribution is 5.91. The Labute approximate surface area is 171 Å². The maximum Gasteiger partial charge on any atom is 0.244 e. The van der Waals surface area contributed by atoms with Crippen molar-refractivity contribution in [3.63, 3.8) is 0 Å².